The fourth-order valence-corrected chi connectivity index (χ4v) is 2.80. The zero-order chi connectivity index (χ0) is 9.42. The maximum atomic E-state index is 11.2. The van der Waals surface area contributed by atoms with E-state index in [-0.39, 0.29) is 11.3 Å². The molecule has 0 aliphatic carbocycles. The number of thioether (sulfide) groups is 1. The zero-order valence-corrected chi connectivity index (χ0v) is 7.53. The molecule has 2 rings (SSSR count). The first kappa shape index (κ1) is 8.61. The molecule has 0 spiro atoms. The number of β-lactam (4-membered cyclic amide) rings is 1. The van der Waals surface area contributed by atoms with Gasteiger partial charge in [0, 0.05) is 6.54 Å². The fraction of sp³-hybridized carbons (Fsp3) is 0.833. The number of hydrogen-bond donors (Lipinski definition) is 0. The van der Waals surface area contributed by atoms with Crippen molar-refractivity contribution in [2.75, 3.05) is 12.3 Å². The molecular weight excluding hydrogens is 196 g/mol. The Morgan fingerprint density at radius 3 is 3.15 bits per heavy atom. The summed E-state index contributed by atoms with van der Waals surface area (Å²) in [4.78, 5) is 27.1. The van der Waals surface area contributed by atoms with E-state index in [0.717, 1.165) is 12.2 Å². The molecule has 2 heterocycles. The first-order chi connectivity index (χ1) is 6.20. The molecule has 1 unspecified atom stereocenters. The van der Waals surface area contributed by atoms with E-state index >= 15 is 0 Å². The van der Waals surface area contributed by atoms with Crippen LogP contribution < -0.4 is 0 Å². The summed E-state index contributed by atoms with van der Waals surface area (Å²) in [7, 11) is 0. The molecule has 0 aromatic heterocycles. The van der Waals surface area contributed by atoms with Crippen LogP contribution in [0.3, 0.4) is 0 Å². The Hall–Kier alpha value is -0.980. The normalized spacial score (nSPS) is 32.0. The third-order valence-corrected chi connectivity index (χ3v) is 3.49. The van der Waals surface area contributed by atoms with Crippen LogP contribution in [-0.2, 0) is 9.63 Å². The molecule has 0 bridgehead atoms. The van der Waals surface area contributed by atoms with Crippen molar-refractivity contribution in [3.63, 3.8) is 0 Å². The highest BCUT2D eigenvalue weighted by molar-refractivity contribution is 8.00. The van der Waals surface area contributed by atoms with Gasteiger partial charge in [0.2, 0.25) is 6.10 Å². The second kappa shape index (κ2) is 3.06. The van der Waals surface area contributed by atoms with E-state index in [2.05, 4.69) is 4.84 Å². The molecular formula is C6H8N2O4S. The van der Waals surface area contributed by atoms with Crippen LogP contribution >= 0.6 is 11.8 Å². The lowest BCUT2D eigenvalue weighted by Crippen LogP contribution is -2.66. The molecule has 1 amide bonds. The molecule has 0 aromatic rings. The minimum absolute atomic E-state index is 0.133. The summed E-state index contributed by atoms with van der Waals surface area (Å²) in [6.45, 7) is 0.702. The Morgan fingerprint density at radius 2 is 2.46 bits per heavy atom. The quantitative estimate of drug-likeness (QED) is 0.356. The fourth-order valence-electron chi connectivity index (χ4n) is 1.54. The summed E-state index contributed by atoms with van der Waals surface area (Å²) < 4.78 is 0. The van der Waals surface area contributed by atoms with Crippen molar-refractivity contribution in [3.8, 4) is 0 Å². The lowest BCUT2D eigenvalue weighted by molar-refractivity contribution is -0.767. The second-order valence-electron chi connectivity index (χ2n) is 2.90. The van der Waals surface area contributed by atoms with Crippen LogP contribution in [0, 0.1) is 10.1 Å². The zero-order valence-electron chi connectivity index (χ0n) is 6.71. The van der Waals surface area contributed by atoms with E-state index in [0.29, 0.717) is 6.54 Å². The van der Waals surface area contributed by atoms with Gasteiger partial charge in [-0.05, 0) is 12.2 Å². The molecule has 0 radical (unpaired) electrons. The molecule has 2 saturated heterocycles. The van der Waals surface area contributed by atoms with Gasteiger partial charge >= 0.3 is 0 Å². The predicted octanol–water partition coefficient (Wildman–Crippen LogP) is -0.131. The van der Waals surface area contributed by atoms with Gasteiger partial charge in [-0.2, -0.15) is 0 Å². The van der Waals surface area contributed by atoms with Crippen LogP contribution in [0.1, 0.15) is 6.42 Å². The lowest BCUT2D eigenvalue weighted by Gasteiger charge is -2.47. The topological polar surface area (TPSA) is 72.7 Å². The number of rotatable bonds is 2. The minimum Gasteiger partial charge on any atom is -0.326 e. The molecule has 0 aromatic carbocycles. The molecule has 0 N–H and O–H groups in total. The summed E-state index contributed by atoms with van der Waals surface area (Å²) in [5.41, 5.74) is 0. The van der Waals surface area contributed by atoms with Crippen LogP contribution in [0.25, 0.3) is 0 Å². The largest absolute Gasteiger partial charge is 0.326 e. The van der Waals surface area contributed by atoms with Crippen molar-refractivity contribution in [2.24, 2.45) is 0 Å². The van der Waals surface area contributed by atoms with Crippen molar-refractivity contribution in [2.45, 2.75) is 17.9 Å². The maximum absolute atomic E-state index is 11.2. The standard InChI is InChI=1S/C6H8N2O4S/c9-5-4(12-8(10)11)6-7(5)2-1-3-13-6/h4,6H,1-3H2/t4?,6-/m0/s1. The molecule has 2 aliphatic rings. The smallest absolute Gasteiger partial charge is 0.295 e. The number of carbonyl (C=O) groups excluding carboxylic acids is 1. The van der Waals surface area contributed by atoms with E-state index in [9.17, 15) is 14.9 Å². The Labute approximate surface area is 78.3 Å². The van der Waals surface area contributed by atoms with Gasteiger partial charge in [0.1, 0.15) is 5.37 Å². The Morgan fingerprint density at radius 1 is 1.69 bits per heavy atom. The van der Waals surface area contributed by atoms with Gasteiger partial charge in [0.05, 0.1) is 0 Å². The monoisotopic (exact) mass is 204 g/mol. The number of amides is 1. The van der Waals surface area contributed by atoms with E-state index in [1.54, 1.807) is 16.7 Å². The number of carbonyl (C=O) groups is 1. The van der Waals surface area contributed by atoms with Gasteiger partial charge in [-0.15, -0.1) is 21.9 Å². The minimum atomic E-state index is -0.894. The molecule has 2 aliphatic heterocycles. The maximum Gasteiger partial charge on any atom is 0.295 e. The number of fused-ring (bicyclic) bond motifs is 1. The molecule has 2 fully saturated rings. The Kier molecular flexibility index (Phi) is 2.03. The van der Waals surface area contributed by atoms with Gasteiger partial charge in [-0.3, -0.25) is 9.63 Å². The second-order valence-corrected chi connectivity index (χ2v) is 4.12. The van der Waals surface area contributed by atoms with Crippen molar-refractivity contribution in [3.05, 3.63) is 10.1 Å². The van der Waals surface area contributed by atoms with Crippen LogP contribution in [0.4, 0.5) is 0 Å². The number of hydrogen-bond acceptors (Lipinski definition) is 5. The summed E-state index contributed by atoms with van der Waals surface area (Å²) >= 11 is 1.54. The first-order valence-electron chi connectivity index (χ1n) is 3.93. The van der Waals surface area contributed by atoms with Crippen molar-refractivity contribution >= 4 is 17.7 Å². The summed E-state index contributed by atoms with van der Waals surface area (Å²) in [6, 6.07) is 0. The molecule has 7 heteroatoms. The van der Waals surface area contributed by atoms with Crippen molar-refractivity contribution in [1.82, 2.24) is 4.90 Å². The van der Waals surface area contributed by atoms with Crippen LogP contribution in [0.2, 0.25) is 0 Å². The third kappa shape index (κ3) is 1.32. The van der Waals surface area contributed by atoms with E-state index in [4.69, 9.17) is 0 Å². The average Bonchev–Trinajstić information content (AvgIpc) is 2.13. The highest BCUT2D eigenvalue weighted by atomic mass is 32.2. The van der Waals surface area contributed by atoms with Gasteiger partial charge in [-0.25, -0.2) is 0 Å². The highest BCUT2D eigenvalue weighted by Gasteiger charge is 2.51. The number of nitrogens with zero attached hydrogens (tertiary/aromatic N) is 2. The molecule has 72 valence electrons. The SMILES string of the molecule is O=C1C(O[N+](=O)[O-])[C@@H]2SCCCN12. The van der Waals surface area contributed by atoms with E-state index < -0.39 is 11.2 Å². The Bertz CT molecular complexity index is 259. The first-order valence-corrected chi connectivity index (χ1v) is 4.98. The Balaban J connectivity index is 1.98. The van der Waals surface area contributed by atoms with E-state index in [1.165, 1.54) is 0 Å². The van der Waals surface area contributed by atoms with Gasteiger partial charge in [0.25, 0.3) is 11.0 Å². The van der Waals surface area contributed by atoms with Crippen molar-refractivity contribution < 1.29 is 14.7 Å². The van der Waals surface area contributed by atoms with Gasteiger partial charge in [0.15, 0.2) is 0 Å². The van der Waals surface area contributed by atoms with Crippen molar-refractivity contribution in [1.29, 1.82) is 0 Å². The van der Waals surface area contributed by atoms with Gasteiger partial charge < -0.3 is 4.90 Å². The van der Waals surface area contributed by atoms with Crippen LogP contribution in [0.5, 0.6) is 0 Å². The highest BCUT2D eigenvalue weighted by Crippen LogP contribution is 2.35. The van der Waals surface area contributed by atoms with E-state index in [1.807, 2.05) is 0 Å². The summed E-state index contributed by atoms with van der Waals surface area (Å²) in [6.07, 6.45) is 0.0956. The third-order valence-electron chi connectivity index (χ3n) is 2.12. The predicted molar refractivity (Wildman–Crippen MR) is 44.4 cm³/mol. The summed E-state index contributed by atoms with van der Waals surface area (Å²) in [5, 5.41) is 9.00. The van der Waals surface area contributed by atoms with Crippen LogP contribution in [0.15, 0.2) is 0 Å². The molecule has 13 heavy (non-hydrogen) atoms. The average molecular weight is 204 g/mol. The molecule has 6 nitrogen and oxygen atoms in total. The summed E-state index contributed by atoms with van der Waals surface area (Å²) in [5.74, 6) is 0.681. The lowest BCUT2D eigenvalue weighted by atomic mass is 10.1. The molecule has 0 saturated carbocycles. The molecule has 2 atom stereocenters. The van der Waals surface area contributed by atoms with Crippen LogP contribution in [-0.4, -0.2) is 39.7 Å². The van der Waals surface area contributed by atoms with Gasteiger partial charge in [-0.1, -0.05) is 0 Å².